The van der Waals surface area contributed by atoms with Crippen LogP contribution in [0.25, 0.3) is 0 Å². The third-order valence-corrected chi connectivity index (χ3v) is 11.0. The van der Waals surface area contributed by atoms with Gasteiger partial charge >= 0.3 is 162 Å². The van der Waals surface area contributed by atoms with E-state index in [0.29, 0.717) is 47.5 Å². The van der Waals surface area contributed by atoms with Gasteiger partial charge in [0.05, 0.1) is 43.1 Å². The average molecular weight is 1030 g/mol. The molecule has 0 spiro atoms. The number of aryl methyl sites for hydroxylation is 2. The molecule has 1 aromatic heterocycles. The number of anilines is 1. The van der Waals surface area contributed by atoms with Gasteiger partial charge in [-0.3, -0.25) is 14.9 Å². The summed E-state index contributed by atoms with van der Waals surface area (Å²) in [4.78, 5) is 13.5. The fourth-order valence-electron chi connectivity index (χ4n) is 4.76. The first-order chi connectivity index (χ1) is 27.3. The second-order valence-electron chi connectivity index (χ2n) is 11.6. The van der Waals surface area contributed by atoms with Crippen LogP contribution in [-0.2, 0) is 40.5 Å². The zero-order valence-electron chi connectivity index (χ0n) is 33.3. The number of aromatic amines is 2. The number of azo groups is 2. The van der Waals surface area contributed by atoms with E-state index in [0.717, 1.165) is 0 Å². The molecule has 0 aliphatic rings. The summed E-state index contributed by atoms with van der Waals surface area (Å²) in [6.07, 6.45) is 0. The molecular weight excluding hydrogens is 1010 g/mol. The van der Waals surface area contributed by atoms with E-state index in [4.69, 9.17) is 17.0 Å². The second-order valence-corrected chi connectivity index (χ2v) is 17.5. The van der Waals surface area contributed by atoms with Crippen LogP contribution in [-0.4, -0.2) is 72.9 Å². The van der Waals surface area contributed by atoms with Crippen LogP contribution in [0.2, 0.25) is 5.28 Å². The summed E-state index contributed by atoms with van der Waals surface area (Å²) in [7, 11) is -20.2. The molecule has 0 saturated heterocycles. The molecule has 1 heterocycles. The van der Waals surface area contributed by atoms with Crippen molar-refractivity contribution >= 4 is 97.9 Å². The predicted octanol–water partition coefficient (Wildman–Crippen LogP) is -9.01. The number of H-pyrrole nitrogens is 2. The van der Waals surface area contributed by atoms with Crippen LogP contribution in [0.4, 0.5) is 39.8 Å². The fraction of sp³-hybridized carbons (Fsp3) is 0.0667. The minimum Gasteiger partial charge on any atom is -0.846 e. The quantitative estimate of drug-likeness (QED) is 0.0270. The van der Waals surface area contributed by atoms with Crippen molar-refractivity contribution in [2.75, 3.05) is 5.32 Å². The van der Waals surface area contributed by atoms with Crippen LogP contribution in [0.1, 0.15) is 11.1 Å². The van der Waals surface area contributed by atoms with E-state index in [1.807, 2.05) is 0 Å². The number of nitrogens with one attached hydrogen (secondary N) is 4. The molecule has 63 heavy (non-hydrogen) atoms. The van der Waals surface area contributed by atoms with Crippen molar-refractivity contribution in [2.45, 2.75) is 33.4 Å². The molecule has 0 aliphatic heterocycles. The van der Waals surface area contributed by atoms with Crippen LogP contribution in [0.5, 0.6) is 0 Å². The van der Waals surface area contributed by atoms with E-state index < -0.39 is 88.4 Å². The Morgan fingerprint density at radius 3 is 1.65 bits per heavy atom. The fourth-order valence-corrected chi connectivity index (χ4v) is 7.11. The number of hydrogen-bond acceptors (Lipinski definition) is 20. The minimum absolute atomic E-state index is 0. The van der Waals surface area contributed by atoms with Crippen LogP contribution >= 0.6 is 11.6 Å². The van der Waals surface area contributed by atoms with Crippen molar-refractivity contribution in [1.29, 1.82) is 5.41 Å². The van der Waals surface area contributed by atoms with Gasteiger partial charge < -0.3 is 29.1 Å². The molecule has 0 atom stereocenters. The number of nitrogens with zero attached hydrogens (tertiary/aromatic N) is 7. The average Bonchev–Trinajstić information content (AvgIpc) is 3.09. The number of halogens is 1. The molecule has 4 aromatic carbocycles. The molecule has 33 heteroatoms. The maximum Gasteiger partial charge on any atom is 1.00 e. The first-order valence-electron chi connectivity index (χ1n) is 15.5. The molecule has 0 amide bonds. The van der Waals surface area contributed by atoms with E-state index in [9.17, 15) is 57.0 Å². The van der Waals surface area contributed by atoms with Crippen LogP contribution < -0.4 is 184 Å². The van der Waals surface area contributed by atoms with E-state index in [1.54, 1.807) is 13.8 Å². The largest absolute Gasteiger partial charge is 1.00 e. The molecule has 0 bridgehead atoms. The Kier molecular flexibility index (Phi) is 23.4. The smallest absolute Gasteiger partial charge is 0.846 e. The van der Waals surface area contributed by atoms with Gasteiger partial charge in [0.1, 0.15) is 46.6 Å². The van der Waals surface area contributed by atoms with Gasteiger partial charge in [0, 0.05) is 6.02 Å². The van der Waals surface area contributed by atoms with Crippen molar-refractivity contribution in [3.05, 3.63) is 94.4 Å². The summed E-state index contributed by atoms with van der Waals surface area (Å²) in [5.74, 6) is 0. The van der Waals surface area contributed by atoms with Gasteiger partial charge in [0.25, 0.3) is 10.1 Å². The molecule has 0 radical (unpaired) electrons. The summed E-state index contributed by atoms with van der Waals surface area (Å²) in [6, 6.07) is 9.44. The summed E-state index contributed by atoms with van der Waals surface area (Å²) in [5.41, 5.74) is -0.888. The van der Waals surface area contributed by atoms with E-state index in [1.165, 1.54) is 30.3 Å². The Morgan fingerprint density at radius 2 is 1.16 bits per heavy atom. The van der Waals surface area contributed by atoms with Crippen LogP contribution in [0.15, 0.2) is 117 Å². The molecule has 310 valence electrons. The van der Waals surface area contributed by atoms with Crippen molar-refractivity contribution in [3.8, 4) is 0 Å². The first-order valence-corrected chi connectivity index (χ1v) is 21.5. The predicted molar refractivity (Wildman–Crippen MR) is 197 cm³/mol. The Labute approximate surface area is 492 Å². The summed E-state index contributed by atoms with van der Waals surface area (Å²) >= 11 is 6.05. The molecule has 0 aliphatic carbocycles. The van der Waals surface area contributed by atoms with Crippen molar-refractivity contribution in [3.63, 3.8) is 0 Å². The summed E-state index contributed by atoms with van der Waals surface area (Å²) < 4.78 is 138. The van der Waals surface area contributed by atoms with Gasteiger partial charge in [-0.25, -0.2) is 35.2 Å². The molecule has 5 N–H and O–H groups in total. The molecule has 0 unspecified atom stereocenters. The second kappa shape index (κ2) is 24.4. The normalized spacial score (nSPS) is 12.6. The van der Waals surface area contributed by atoms with Crippen LogP contribution in [0.3, 0.4) is 0 Å². The zero-order valence-corrected chi connectivity index (χ0v) is 47.6. The number of hydrogen-bond donors (Lipinski definition) is 5. The zero-order chi connectivity index (χ0) is 43.7. The maximum absolute atomic E-state index is 11.8. The number of rotatable bonds is 11. The summed E-state index contributed by atoms with van der Waals surface area (Å²) in [5, 5.41) is 37.1. The van der Waals surface area contributed by atoms with Gasteiger partial charge in [-0.1, -0.05) is 0 Å². The molecule has 0 saturated carbocycles. The van der Waals surface area contributed by atoms with E-state index >= 15 is 0 Å². The SMILES string of the molecule is Cc1cc(N=Nc2cc(S(=O)(=O)[O-])ccc2S(=O)(=O)O)c(C)cc1N=Nc1ccc(N=c2nc(Cl)[nH]c(=Nc3cc(S(=O)(=O)[O-])ccc3S(=O)(=O)[O-])[nH]2)cc1NC(=N)[O-].[K+].[K+].[Na+].[Na+]. The Bertz CT molecular complexity index is 3250. The topological polar surface area (TPSA) is 404 Å². The number of benzene rings is 4. The molecule has 0 fully saturated rings. The summed E-state index contributed by atoms with van der Waals surface area (Å²) in [6.45, 7) is 3.15. The van der Waals surface area contributed by atoms with Crippen LogP contribution in [0, 0.1) is 19.3 Å². The third kappa shape index (κ3) is 17.0. The first kappa shape index (κ1) is 60.2. The minimum atomic E-state index is -5.22. The molecule has 5 rings (SSSR count). The van der Waals surface area contributed by atoms with Gasteiger partial charge in [-0.05, 0) is 103 Å². The van der Waals surface area contributed by atoms with E-state index in [2.05, 4.69) is 50.7 Å². The van der Waals surface area contributed by atoms with Gasteiger partial charge in [-0.2, -0.15) is 23.6 Å². The Morgan fingerprint density at radius 1 is 0.667 bits per heavy atom. The molecular formula is C30H22ClK2N11Na2O13S4. The van der Waals surface area contributed by atoms with Gasteiger partial charge in [0.2, 0.25) is 16.5 Å². The molecule has 5 aromatic rings. The van der Waals surface area contributed by atoms with Gasteiger partial charge in [-0.15, -0.1) is 10.2 Å². The molecule has 24 nitrogen and oxygen atoms in total. The standard InChI is InChI=1S/C30H26ClN11O13S4.2K.2Na/c1-14-10-21(41-42-24-13-18(57(47,48)49)5-8-26(24)59(53,54)55)15(2)9-20(14)40-39-19-6-3-16(11-22(19)34-28(32)43)33-29-36-27(31)37-30(38-29)35-23-12-17(56(44,45)46)4-7-25(23)58(50,51)52;;;;/h3-13H,1-2H3,(H3,32,34,43)(H,44,45,46)(H,47,48,49)(H,50,51,52)(H,53,54,55)(H2,33,35,36,37,38);;;;/q;4*+1/p-4. The number of amidine groups is 1. The third-order valence-electron chi connectivity index (χ3n) is 7.38. The van der Waals surface area contributed by atoms with E-state index in [-0.39, 0.29) is 196 Å². The Hall–Kier alpha value is -0.837. The Balaban J connectivity index is 0.00000496. The van der Waals surface area contributed by atoms with Crippen molar-refractivity contribution in [1.82, 2.24) is 15.0 Å². The van der Waals surface area contributed by atoms with Crippen molar-refractivity contribution < 1.29 is 219 Å². The van der Waals surface area contributed by atoms with Gasteiger partial charge in [0.15, 0.2) is 0 Å². The monoisotopic (exact) mass is 1030 g/mol. The maximum atomic E-state index is 11.8. The van der Waals surface area contributed by atoms with Crippen molar-refractivity contribution in [2.24, 2.45) is 30.4 Å². The number of aromatic nitrogens is 3.